The third-order valence-electron chi connectivity index (χ3n) is 3.48. The number of unbranched alkanes of at least 4 members (excludes halogenated alkanes) is 2. The normalized spacial score (nSPS) is 10.0. The van der Waals surface area contributed by atoms with Crippen LogP contribution in [-0.2, 0) is 16.1 Å². The van der Waals surface area contributed by atoms with Crippen LogP contribution in [0, 0.1) is 0 Å². The molecule has 0 amide bonds. The van der Waals surface area contributed by atoms with Crippen molar-refractivity contribution in [1.29, 1.82) is 0 Å². The fourth-order valence-electron chi connectivity index (χ4n) is 2.03. The minimum absolute atomic E-state index is 0.143. The van der Waals surface area contributed by atoms with Gasteiger partial charge in [0.2, 0.25) is 0 Å². The van der Waals surface area contributed by atoms with Gasteiger partial charge in [0.1, 0.15) is 0 Å². The highest BCUT2D eigenvalue weighted by atomic mass is 32.1. The molecule has 128 valence electrons. The number of carbonyl (C=O) groups excluding carboxylic acids is 1. The Morgan fingerprint density at radius 3 is 2.43 bits per heavy atom. The van der Waals surface area contributed by atoms with Gasteiger partial charge >= 0.3 is 5.97 Å². The molecule has 2 N–H and O–H groups in total. The summed E-state index contributed by atoms with van der Waals surface area (Å²) in [6.07, 6.45) is 3.31. The van der Waals surface area contributed by atoms with Crippen molar-refractivity contribution in [1.82, 2.24) is 10.6 Å². The molecule has 23 heavy (non-hydrogen) atoms. The first-order valence-electron chi connectivity index (χ1n) is 7.87. The van der Waals surface area contributed by atoms with Gasteiger partial charge in [-0.15, -0.1) is 0 Å². The Bertz CT molecular complexity index is 489. The Balaban J connectivity index is 2.11. The molecule has 0 aliphatic carbocycles. The number of anilines is 1. The van der Waals surface area contributed by atoms with Crippen LogP contribution >= 0.6 is 12.2 Å². The van der Waals surface area contributed by atoms with Crippen LogP contribution in [-0.4, -0.2) is 38.8 Å². The van der Waals surface area contributed by atoms with Gasteiger partial charge in [-0.2, -0.15) is 0 Å². The lowest BCUT2D eigenvalue weighted by atomic mass is 10.2. The molecule has 1 rings (SSSR count). The van der Waals surface area contributed by atoms with Crippen molar-refractivity contribution < 1.29 is 9.53 Å². The summed E-state index contributed by atoms with van der Waals surface area (Å²) >= 11 is 5.25. The number of ether oxygens (including phenoxy) is 1. The number of methoxy groups -OCH3 is 1. The number of rotatable bonds is 9. The van der Waals surface area contributed by atoms with Crippen molar-refractivity contribution in [2.45, 2.75) is 32.2 Å². The van der Waals surface area contributed by atoms with Crippen LogP contribution in [0.25, 0.3) is 0 Å². The summed E-state index contributed by atoms with van der Waals surface area (Å²) < 4.78 is 4.60. The Hall–Kier alpha value is -1.82. The van der Waals surface area contributed by atoms with Crippen molar-refractivity contribution >= 4 is 29.0 Å². The third kappa shape index (κ3) is 8.40. The van der Waals surface area contributed by atoms with Gasteiger partial charge in [-0.05, 0) is 42.8 Å². The average Bonchev–Trinajstić information content (AvgIpc) is 2.56. The molecule has 0 unspecified atom stereocenters. The SMILES string of the molecule is COC(=O)CCCCCNC(=S)NCc1ccc(N(C)C)cc1. The molecule has 0 aromatic heterocycles. The molecule has 0 bridgehead atoms. The van der Waals surface area contributed by atoms with Gasteiger partial charge in [0, 0.05) is 39.3 Å². The number of thiocarbonyl (C=S) groups is 1. The molecule has 0 heterocycles. The zero-order valence-corrected chi connectivity index (χ0v) is 15.0. The minimum Gasteiger partial charge on any atom is -0.469 e. The average molecular weight is 337 g/mol. The van der Waals surface area contributed by atoms with E-state index in [-0.39, 0.29) is 5.97 Å². The van der Waals surface area contributed by atoms with E-state index in [4.69, 9.17) is 12.2 Å². The molecule has 0 fully saturated rings. The van der Waals surface area contributed by atoms with Crippen LogP contribution in [0.15, 0.2) is 24.3 Å². The lowest BCUT2D eigenvalue weighted by Gasteiger charge is -2.14. The number of nitrogens with zero attached hydrogens (tertiary/aromatic N) is 1. The zero-order valence-electron chi connectivity index (χ0n) is 14.2. The van der Waals surface area contributed by atoms with Crippen LogP contribution in [0.4, 0.5) is 5.69 Å². The van der Waals surface area contributed by atoms with Gasteiger partial charge in [-0.1, -0.05) is 18.6 Å². The summed E-state index contributed by atoms with van der Waals surface area (Å²) in [4.78, 5) is 13.0. The molecular weight excluding hydrogens is 310 g/mol. The second kappa shape index (κ2) is 10.8. The molecule has 0 saturated heterocycles. The van der Waals surface area contributed by atoms with Gasteiger partial charge in [0.25, 0.3) is 0 Å². The smallest absolute Gasteiger partial charge is 0.305 e. The molecule has 0 radical (unpaired) electrons. The van der Waals surface area contributed by atoms with E-state index in [2.05, 4.69) is 44.5 Å². The van der Waals surface area contributed by atoms with E-state index in [0.717, 1.165) is 25.8 Å². The number of hydrogen-bond donors (Lipinski definition) is 2. The van der Waals surface area contributed by atoms with Gasteiger partial charge in [0.05, 0.1) is 7.11 Å². The first-order chi connectivity index (χ1) is 11.0. The van der Waals surface area contributed by atoms with E-state index in [1.165, 1.54) is 18.4 Å². The van der Waals surface area contributed by atoms with Crippen molar-refractivity contribution in [3.8, 4) is 0 Å². The summed E-state index contributed by atoms with van der Waals surface area (Å²) in [5, 5.41) is 7.04. The van der Waals surface area contributed by atoms with Gasteiger partial charge in [-0.3, -0.25) is 4.79 Å². The lowest BCUT2D eigenvalue weighted by molar-refractivity contribution is -0.140. The van der Waals surface area contributed by atoms with Crippen molar-refractivity contribution in [2.75, 3.05) is 32.6 Å². The second-order valence-corrected chi connectivity index (χ2v) is 5.97. The van der Waals surface area contributed by atoms with Crippen LogP contribution in [0.1, 0.15) is 31.2 Å². The number of esters is 1. The lowest BCUT2D eigenvalue weighted by Crippen LogP contribution is -2.35. The molecule has 5 nitrogen and oxygen atoms in total. The molecule has 0 aliphatic heterocycles. The van der Waals surface area contributed by atoms with Crippen LogP contribution in [0.3, 0.4) is 0 Å². The monoisotopic (exact) mass is 337 g/mol. The van der Waals surface area contributed by atoms with E-state index in [9.17, 15) is 4.79 Å². The van der Waals surface area contributed by atoms with Crippen LogP contribution < -0.4 is 15.5 Å². The summed E-state index contributed by atoms with van der Waals surface area (Å²) in [5.74, 6) is -0.143. The molecule has 0 spiro atoms. The molecule has 0 atom stereocenters. The summed E-state index contributed by atoms with van der Waals surface area (Å²) in [6.45, 7) is 1.52. The Kier molecular flexibility index (Phi) is 9.05. The van der Waals surface area contributed by atoms with E-state index >= 15 is 0 Å². The van der Waals surface area contributed by atoms with E-state index in [1.54, 1.807) is 0 Å². The molecule has 1 aromatic rings. The Morgan fingerprint density at radius 1 is 1.13 bits per heavy atom. The van der Waals surface area contributed by atoms with Crippen LogP contribution in [0.5, 0.6) is 0 Å². The fraction of sp³-hybridized carbons (Fsp3) is 0.529. The molecule has 1 aromatic carbocycles. The quantitative estimate of drug-likeness (QED) is 0.410. The van der Waals surface area contributed by atoms with E-state index < -0.39 is 0 Å². The number of hydrogen-bond acceptors (Lipinski definition) is 4. The zero-order chi connectivity index (χ0) is 17.1. The van der Waals surface area contributed by atoms with E-state index in [0.29, 0.717) is 18.1 Å². The first kappa shape index (κ1) is 19.2. The van der Waals surface area contributed by atoms with Gasteiger partial charge < -0.3 is 20.3 Å². The second-order valence-electron chi connectivity index (χ2n) is 5.56. The Labute approximate surface area is 144 Å². The van der Waals surface area contributed by atoms with Crippen molar-refractivity contribution in [3.63, 3.8) is 0 Å². The standard InChI is InChI=1S/C17H27N3O2S/c1-20(2)15-10-8-14(9-11-15)13-19-17(23)18-12-6-4-5-7-16(21)22-3/h8-11H,4-7,12-13H2,1-3H3,(H2,18,19,23). The topological polar surface area (TPSA) is 53.6 Å². The number of carbonyl (C=O) groups is 1. The molecule has 6 heteroatoms. The van der Waals surface area contributed by atoms with Crippen LogP contribution in [0.2, 0.25) is 0 Å². The highest BCUT2D eigenvalue weighted by molar-refractivity contribution is 7.80. The molecular formula is C17H27N3O2S. The first-order valence-corrected chi connectivity index (χ1v) is 8.28. The van der Waals surface area contributed by atoms with E-state index in [1.807, 2.05) is 14.1 Å². The molecule has 0 aliphatic rings. The summed E-state index contributed by atoms with van der Waals surface area (Å²) in [5.41, 5.74) is 2.37. The largest absolute Gasteiger partial charge is 0.469 e. The maximum atomic E-state index is 11.0. The van der Waals surface area contributed by atoms with Gasteiger partial charge in [0.15, 0.2) is 5.11 Å². The highest BCUT2D eigenvalue weighted by Crippen LogP contribution is 2.11. The van der Waals surface area contributed by atoms with Crippen molar-refractivity contribution in [2.24, 2.45) is 0 Å². The maximum absolute atomic E-state index is 11.0. The summed E-state index contributed by atoms with van der Waals surface area (Å²) in [7, 11) is 5.47. The summed E-state index contributed by atoms with van der Waals surface area (Å²) in [6, 6.07) is 8.37. The highest BCUT2D eigenvalue weighted by Gasteiger charge is 2.00. The Morgan fingerprint density at radius 2 is 1.83 bits per heavy atom. The molecule has 0 saturated carbocycles. The maximum Gasteiger partial charge on any atom is 0.305 e. The number of nitrogens with one attached hydrogen (secondary N) is 2. The minimum atomic E-state index is -0.143. The number of benzene rings is 1. The van der Waals surface area contributed by atoms with Crippen molar-refractivity contribution in [3.05, 3.63) is 29.8 Å². The third-order valence-corrected chi connectivity index (χ3v) is 3.77. The fourth-order valence-corrected chi connectivity index (χ4v) is 2.21. The predicted molar refractivity (Wildman–Crippen MR) is 98.7 cm³/mol. The van der Waals surface area contributed by atoms with Gasteiger partial charge in [-0.25, -0.2) is 0 Å². The predicted octanol–water partition coefficient (Wildman–Crippen LogP) is 2.45.